The van der Waals surface area contributed by atoms with Crippen LogP contribution in [-0.2, 0) is 14.8 Å². The Bertz CT molecular complexity index is 1770. The number of nitrogens with zero attached hydrogens (tertiary/aromatic N) is 3. The molecule has 0 amide bonds. The number of carbonyl (C=O) groups is 1. The van der Waals surface area contributed by atoms with Crippen molar-refractivity contribution in [1.82, 2.24) is 9.55 Å². The lowest BCUT2D eigenvalue weighted by Gasteiger charge is -2.25. The van der Waals surface area contributed by atoms with Gasteiger partial charge in [0.25, 0.3) is 0 Å². The average molecular weight is 528 g/mol. The lowest BCUT2D eigenvalue weighted by atomic mass is 9.99. The van der Waals surface area contributed by atoms with E-state index in [0.717, 1.165) is 28.2 Å². The summed E-state index contributed by atoms with van der Waals surface area (Å²) in [5.41, 5.74) is 3.32. The minimum Gasteiger partial charge on any atom is -0.443 e. The monoisotopic (exact) mass is 527 g/mol. The molecule has 0 saturated heterocycles. The molecule has 0 radical (unpaired) electrons. The summed E-state index contributed by atoms with van der Waals surface area (Å²) in [6, 6.07) is 24.2. The summed E-state index contributed by atoms with van der Waals surface area (Å²) in [6.45, 7) is 7.43. The van der Waals surface area contributed by atoms with Gasteiger partial charge in [-0.3, -0.25) is 0 Å². The Hall–Kier alpha value is -4.17. The second-order valence-electron chi connectivity index (χ2n) is 10.3. The fourth-order valence-electron chi connectivity index (χ4n) is 4.68. The lowest BCUT2D eigenvalue weighted by molar-refractivity contribution is 0.0551. The number of hydrogen-bond donors (Lipinski definition) is 0. The van der Waals surface area contributed by atoms with Crippen LogP contribution in [0, 0.1) is 6.92 Å². The molecule has 2 heterocycles. The first-order valence-electron chi connectivity index (χ1n) is 12.2. The van der Waals surface area contributed by atoms with Crippen molar-refractivity contribution >= 4 is 49.4 Å². The lowest BCUT2D eigenvalue weighted by Crippen LogP contribution is -2.27. The number of aromatic nitrogens is 2. The first-order chi connectivity index (χ1) is 18.0. The molecule has 0 N–H and O–H groups in total. The van der Waals surface area contributed by atoms with Gasteiger partial charge in [0.05, 0.1) is 29.2 Å². The largest absolute Gasteiger partial charge is 0.443 e. The van der Waals surface area contributed by atoms with E-state index in [1.54, 1.807) is 30.5 Å². The van der Waals surface area contributed by atoms with Crippen LogP contribution in [0.15, 0.2) is 85.1 Å². The van der Waals surface area contributed by atoms with Crippen molar-refractivity contribution in [3.8, 4) is 11.1 Å². The zero-order chi connectivity index (χ0) is 27.2. The van der Waals surface area contributed by atoms with Gasteiger partial charge >= 0.3 is 6.09 Å². The van der Waals surface area contributed by atoms with E-state index in [2.05, 4.69) is 0 Å². The van der Waals surface area contributed by atoms with Crippen LogP contribution in [-0.4, -0.2) is 35.9 Å². The van der Waals surface area contributed by atoms with Crippen LogP contribution in [0.4, 0.5) is 16.3 Å². The molecule has 0 saturated carbocycles. The zero-order valence-corrected chi connectivity index (χ0v) is 22.8. The molecule has 2 aromatic heterocycles. The molecule has 8 heteroatoms. The van der Waals surface area contributed by atoms with E-state index < -0.39 is 21.7 Å². The molecular formula is C30H29N3O4S. The molecular weight excluding hydrogens is 498 g/mol. The van der Waals surface area contributed by atoms with Crippen molar-refractivity contribution in [2.45, 2.75) is 33.3 Å². The Balaban J connectivity index is 1.96. The first kappa shape index (κ1) is 25.5. The van der Waals surface area contributed by atoms with Crippen LogP contribution in [0.1, 0.15) is 26.3 Å². The van der Waals surface area contributed by atoms with Crippen LogP contribution in [0.3, 0.4) is 0 Å². The Labute approximate surface area is 222 Å². The highest BCUT2D eigenvalue weighted by atomic mass is 32.2. The van der Waals surface area contributed by atoms with Crippen molar-refractivity contribution in [2.24, 2.45) is 0 Å². The minimum absolute atomic E-state index is 0.252. The maximum Gasteiger partial charge on any atom is 0.419 e. The van der Waals surface area contributed by atoms with E-state index >= 15 is 0 Å². The van der Waals surface area contributed by atoms with Crippen LogP contribution in [0.2, 0.25) is 0 Å². The smallest absolute Gasteiger partial charge is 0.419 e. The first-order valence-corrected chi connectivity index (χ1v) is 14.1. The molecule has 0 bridgehead atoms. The molecule has 0 atom stereocenters. The number of fused-ring (bicyclic) bond motifs is 3. The van der Waals surface area contributed by atoms with Gasteiger partial charge in [0, 0.05) is 16.3 Å². The quantitative estimate of drug-likeness (QED) is 0.250. The molecule has 0 unspecified atom stereocenters. The van der Waals surface area contributed by atoms with Gasteiger partial charge in [-0.15, -0.1) is 0 Å². The van der Waals surface area contributed by atoms with E-state index in [0.29, 0.717) is 22.3 Å². The van der Waals surface area contributed by atoms with Gasteiger partial charge < -0.3 is 4.74 Å². The molecule has 194 valence electrons. The summed E-state index contributed by atoms with van der Waals surface area (Å²) < 4.78 is 35.0. The SMILES string of the molecule is Cc1ccc2c(c1)c1c(-c3ccccc3)c(N(c3ccccc3)S(C)(=O)=O)ncc1n2C(=O)OC(C)(C)C. The van der Waals surface area contributed by atoms with Crippen molar-refractivity contribution in [1.29, 1.82) is 0 Å². The van der Waals surface area contributed by atoms with Gasteiger partial charge in [-0.2, -0.15) is 0 Å². The fourth-order valence-corrected chi connectivity index (χ4v) is 5.64. The predicted octanol–water partition coefficient (Wildman–Crippen LogP) is 7.05. The van der Waals surface area contributed by atoms with Gasteiger partial charge in [0.1, 0.15) is 5.60 Å². The Morgan fingerprint density at radius 2 is 1.55 bits per heavy atom. The number of benzene rings is 3. The normalized spacial score (nSPS) is 12.1. The summed E-state index contributed by atoms with van der Waals surface area (Å²) in [5, 5.41) is 1.52. The molecule has 5 rings (SSSR count). The van der Waals surface area contributed by atoms with Crippen LogP contribution in [0.25, 0.3) is 32.9 Å². The maximum atomic E-state index is 13.5. The Morgan fingerprint density at radius 1 is 0.921 bits per heavy atom. The molecule has 38 heavy (non-hydrogen) atoms. The van der Waals surface area contributed by atoms with Crippen molar-refractivity contribution in [3.05, 3.63) is 90.6 Å². The molecule has 3 aromatic carbocycles. The standard InChI is InChI=1S/C30H29N3O4S/c1-20-16-17-24-23(18-20)27-25(32(24)29(34)37-30(2,3)4)19-31-28(26(27)21-12-8-6-9-13-21)33(38(5,35)36)22-14-10-7-11-15-22/h6-19H,1-5H3. The van der Waals surface area contributed by atoms with Crippen molar-refractivity contribution in [3.63, 3.8) is 0 Å². The Kier molecular flexibility index (Phi) is 6.23. The number of pyridine rings is 1. The third-order valence-corrected chi connectivity index (χ3v) is 7.14. The van der Waals surface area contributed by atoms with Gasteiger partial charge in [-0.1, -0.05) is 60.2 Å². The van der Waals surface area contributed by atoms with Gasteiger partial charge in [0.2, 0.25) is 10.0 Å². The number of hydrogen-bond acceptors (Lipinski definition) is 5. The predicted molar refractivity (Wildman–Crippen MR) is 152 cm³/mol. The van der Waals surface area contributed by atoms with E-state index in [9.17, 15) is 13.2 Å². The number of ether oxygens (including phenoxy) is 1. The van der Waals surface area contributed by atoms with Crippen LogP contribution in [0.5, 0.6) is 0 Å². The summed E-state index contributed by atoms with van der Waals surface area (Å²) in [6.07, 6.45) is 2.18. The fraction of sp³-hybridized carbons (Fsp3) is 0.200. The summed E-state index contributed by atoms with van der Waals surface area (Å²) in [4.78, 5) is 18.2. The Morgan fingerprint density at radius 3 is 2.16 bits per heavy atom. The molecule has 0 fully saturated rings. The van der Waals surface area contributed by atoms with Gasteiger partial charge in [-0.25, -0.2) is 27.1 Å². The van der Waals surface area contributed by atoms with E-state index in [1.807, 2.05) is 82.3 Å². The molecule has 0 aliphatic carbocycles. The average Bonchev–Trinajstić information content (AvgIpc) is 3.17. The number of para-hydroxylation sites is 1. The van der Waals surface area contributed by atoms with Crippen LogP contribution >= 0.6 is 0 Å². The zero-order valence-electron chi connectivity index (χ0n) is 22.0. The van der Waals surface area contributed by atoms with E-state index in [1.165, 1.54) is 8.87 Å². The second-order valence-corrected chi connectivity index (χ2v) is 12.1. The summed E-state index contributed by atoms with van der Waals surface area (Å²) >= 11 is 0. The third kappa shape index (κ3) is 4.63. The van der Waals surface area contributed by atoms with Gasteiger partial charge in [0.15, 0.2) is 5.82 Å². The number of aryl methyl sites for hydroxylation is 1. The number of rotatable bonds is 4. The molecule has 0 spiro atoms. The molecule has 7 nitrogen and oxygen atoms in total. The highest BCUT2D eigenvalue weighted by Crippen LogP contribution is 2.44. The third-order valence-electron chi connectivity index (χ3n) is 6.10. The molecule has 5 aromatic rings. The molecule has 0 aliphatic rings. The number of carbonyl (C=O) groups excluding carboxylic acids is 1. The topological polar surface area (TPSA) is 81.5 Å². The number of anilines is 2. The summed E-state index contributed by atoms with van der Waals surface area (Å²) in [7, 11) is -3.79. The van der Waals surface area contributed by atoms with Crippen molar-refractivity contribution < 1.29 is 17.9 Å². The van der Waals surface area contributed by atoms with E-state index in [-0.39, 0.29) is 5.82 Å². The van der Waals surface area contributed by atoms with Gasteiger partial charge in [-0.05, 0) is 57.5 Å². The molecule has 0 aliphatic heterocycles. The maximum absolute atomic E-state index is 13.5. The van der Waals surface area contributed by atoms with Crippen LogP contribution < -0.4 is 4.31 Å². The van der Waals surface area contributed by atoms with Crippen molar-refractivity contribution in [2.75, 3.05) is 10.6 Å². The summed E-state index contributed by atoms with van der Waals surface area (Å²) in [5.74, 6) is 0.252. The highest BCUT2D eigenvalue weighted by molar-refractivity contribution is 7.92. The minimum atomic E-state index is -3.79. The van der Waals surface area contributed by atoms with E-state index in [4.69, 9.17) is 9.72 Å². The number of sulfonamides is 1. The second kappa shape index (κ2) is 9.29. The highest BCUT2D eigenvalue weighted by Gasteiger charge is 2.30.